The molecule has 0 spiro atoms. The lowest BCUT2D eigenvalue weighted by Crippen LogP contribution is -1.95. The van der Waals surface area contributed by atoms with Gasteiger partial charge in [-0.05, 0) is 23.8 Å². The lowest BCUT2D eigenvalue weighted by molar-refractivity contribution is -0.386. The van der Waals surface area contributed by atoms with E-state index in [2.05, 4.69) is 4.98 Å². The third-order valence-electron chi connectivity index (χ3n) is 2.27. The summed E-state index contributed by atoms with van der Waals surface area (Å²) in [6, 6.07) is 9.37. The first-order valence-electron chi connectivity index (χ1n) is 5.18. The second-order valence-electron chi connectivity index (χ2n) is 3.49. The normalized spacial score (nSPS) is 10.1. The molecule has 1 aromatic heterocycles. The van der Waals surface area contributed by atoms with Crippen molar-refractivity contribution in [3.63, 3.8) is 0 Å². The molecule has 2 rings (SSSR count). The molecule has 6 heteroatoms. The Morgan fingerprint density at radius 2 is 2.00 bits per heavy atom. The molecule has 1 aromatic carbocycles. The summed E-state index contributed by atoms with van der Waals surface area (Å²) >= 11 is 0. The van der Waals surface area contributed by atoms with Crippen LogP contribution in [0.15, 0.2) is 42.6 Å². The van der Waals surface area contributed by atoms with Gasteiger partial charge < -0.3 is 9.84 Å². The van der Waals surface area contributed by atoms with Crippen molar-refractivity contribution in [1.82, 2.24) is 4.98 Å². The van der Waals surface area contributed by atoms with Crippen molar-refractivity contribution in [2.24, 2.45) is 0 Å². The Morgan fingerprint density at radius 3 is 2.61 bits per heavy atom. The SMILES string of the molecule is O=[N+]([O-])c1cccnc1Oc1ccc(CO)cc1. The third-order valence-corrected chi connectivity index (χ3v) is 2.27. The molecular weight excluding hydrogens is 236 g/mol. The van der Waals surface area contributed by atoms with Crippen molar-refractivity contribution in [2.45, 2.75) is 6.61 Å². The third kappa shape index (κ3) is 2.61. The summed E-state index contributed by atoms with van der Waals surface area (Å²) in [4.78, 5) is 14.0. The number of ether oxygens (including phenoxy) is 1. The molecule has 0 aliphatic carbocycles. The van der Waals surface area contributed by atoms with Gasteiger partial charge in [0.25, 0.3) is 5.88 Å². The molecule has 6 nitrogen and oxygen atoms in total. The summed E-state index contributed by atoms with van der Waals surface area (Å²) in [5, 5.41) is 19.7. The molecule has 0 amide bonds. The van der Waals surface area contributed by atoms with E-state index in [0.717, 1.165) is 5.56 Å². The quantitative estimate of drug-likeness (QED) is 0.660. The van der Waals surface area contributed by atoms with Crippen molar-refractivity contribution in [1.29, 1.82) is 0 Å². The summed E-state index contributed by atoms with van der Waals surface area (Å²) in [7, 11) is 0. The van der Waals surface area contributed by atoms with Crippen LogP contribution in [-0.2, 0) is 6.61 Å². The fourth-order valence-corrected chi connectivity index (χ4v) is 1.37. The first-order valence-corrected chi connectivity index (χ1v) is 5.18. The van der Waals surface area contributed by atoms with E-state index in [-0.39, 0.29) is 18.2 Å². The maximum absolute atomic E-state index is 10.8. The van der Waals surface area contributed by atoms with Gasteiger partial charge in [0.15, 0.2) is 0 Å². The molecule has 0 fully saturated rings. The number of aliphatic hydroxyl groups is 1. The van der Waals surface area contributed by atoms with Gasteiger partial charge in [0.05, 0.1) is 11.5 Å². The van der Waals surface area contributed by atoms with Gasteiger partial charge in [-0.3, -0.25) is 10.1 Å². The highest BCUT2D eigenvalue weighted by Gasteiger charge is 2.16. The van der Waals surface area contributed by atoms with E-state index in [4.69, 9.17) is 9.84 Å². The Balaban J connectivity index is 2.25. The number of pyridine rings is 1. The molecule has 0 saturated carbocycles. The molecule has 0 bridgehead atoms. The van der Waals surface area contributed by atoms with Gasteiger partial charge in [0, 0.05) is 12.3 Å². The number of rotatable bonds is 4. The van der Waals surface area contributed by atoms with Gasteiger partial charge in [-0.15, -0.1) is 0 Å². The van der Waals surface area contributed by atoms with Gasteiger partial charge >= 0.3 is 5.69 Å². The second-order valence-corrected chi connectivity index (χ2v) is 3.49. The van der Waals surface area contributed by atoms with Crippen LogP contribution in [0.5, 0.6) is 11.6 Å². The van der Waals surface area contributed by atoms with Crippen LogP contribution in [-0.4, -0.2) is 15.0 Å². The number of aromatic nitrogens is 1. The number of benzene rings is 1. The molecule has 18 heavy (non-hydrogen) atoms. The number of nitrogens with zero attached hydrogens (tertiary/aromatic N) is 2. The minimum absolute atomic E-state index is 0.0563. The Hall–Kier alpha value is -2.47. The lowest BCUT2D eigenvalue weighted by Gasteiger charge is -2.05. The molecule has 1 N–H and O–H groups in total. The minimum atomic E-state index is -0.551. The van der Waals surface area contributed by atoms with Gasteiger partial charge in [-0.1, -0.05) is 12.1 Å². The molecule has 0 atom stereocenters. The zero-order chi connectivity index (χ0) is 13.0. The Kier molecular flexibility index (Phi) is 3.49. The van der Waals surface area contributed by atoms with Crippen LogP contribution in [0.25, 0.3) is 0 Å². The molecule has 1 heterocycles. The molecule has 0 aliphatic heterocycles. The maximum atomic E-state index is 10.8. The number of nitro groups is 1. The van der Waals surface area contributed by atoms with Crippen molar-refractivity contribution < 1.29 is 14.8 Å². The predicted octanol–water partition coefficient (Wildman–Crippen LogP) is 2.27. The summed E-state index contributed by atoms with van der Waals surface area (Å²) in [5.41, 5.74) is 0.543. The molecule has 0 aliphatic rings. The Labute approximate surface area is 103 Å². The number of hydrogen-bond donors (Lipinski definition) is 1. The van der Waals surface area contributed by atoms with Gasteiger partial charge in [0.1, 0.15) is 5.75 Å². The molecule has 0 unspecified atom stereocenters. The highest BCUT2D eigenvalue weighted by molar-refractivity contribution is 5.42. The van der Waals surface area contributed by atoms with E-state index in [1.807, 2.05) is 0 Å². The Bertz CT molecular complexity index is 554. The Morgan fingerprint density at radius 1 is 1.28 bits per heavy atom. The molecule has 92 valence electrons. The molecule has 2 aromatic rings. The van der Waals surface area contributed by atoms with Crippen LogP contribution >= 0.6 is 0 Å². The van der Waals surface area contributed by atoms with Crippen molar-refractivity contribution >= 4 is 5.69 Å². The van der Waals surface area contributed by atoms with Gasteiger partial charge in [-0.25, -0.2) is 4.98 Å². The van der Waals surface area contributed by atoms with Crippen LogP contribution in [0.3, 0.4) is 0 Å². The zero-order valence-electron chi connectivity index (χ0n) is 9.31. The van der Waals surface area contributed by atoms with E-state index >= 15 is 0 Å². The summed E-state index contributed by atoms with van der Waals surface area (Å²) in [6.45, 7) is -0.0655. The van der Waals surface area contributed by atoms with E-state index < -0.39 is 4.92 Å². The van der Waals surface area contributed by atoms with E-state index in [1.165, 1.54) is 18.3 Å². The summed E-state index contributed by atoms with van der Waals surface area (Å²) in [6.07, 6.45) is 1.42. The van der Waals surface area contributed by atoms with Crippen molar-refractivity contribution in [2.75, 3.05) is 0 Å². The van der Waals surface area contributed by atoms with Crippen LogP contribution in [0.1, 0.15) is 5.56 Å². The standard InChI is InChI=1S/C12H10N2O4/c15-8-9-3-5-10(6-4-9)18-12-11(14(16)17)2-1-7-13-12/h1-7,15H,8H2. The van der Waals surface area contributed by atoms with Crippen LogP contribution in [0, 0.1) is 10.1 Å². The fourth-order valence-electron chi connectivity index (χ4n) is 1.37. The van der Waals surface area contributed by atoms with Crippen molar-refractivity contribution in [3.05, 3.63) is 58.3 Å². The zero-order valence-corrected chi connectivity index (χ0v) is 9.31. The van der Waals surface area contributed by atoms with Gasteiger partial charge in [-0.2, -0.15) is 0 Å². The highest BCUT2D eigenvalue weighted by atomic mass is 16.6. The van der Waals surface area contributed by atoms with E-state index in [0.29, 0.717) is 5.75 Å². The van der Waals surface area contributed by atoms with E-state index in [1.54, 1.807) is 24.3 Å². The molecule has 0 radical (unpaired) electrons. The summed E-state index contributed by atoms with van der Waals surface area (Å²) in [5.74, 6) is 0.369. The predicted molar refractivity (Wildman–Crippen MR) is 63.3 cm³/mol. The van der Waals surface area contributed by atoms with Gasteiger partial charge in [0.2, 0.25) is 0 Å². The number of aliphatic hydroxyl groups excluding tert-OH is 1. The molecular formula is C12H10N2O4. The van der Waals surface area contributed by atoms with Crippen LogP contribution < -0.4 is 4.74 Å². The first kappa shape index (κ1) is 12.0. The van der Waals surface area contributed by atoms with Crippen LogP contribution in [0.4, 0.5) is 5.69 Å². The smallest absolute Gasteiger partial charge is 0.331 e. The molecule has 0 saturated heterocycles. The highest BCUT2D eigenvalue weighted by Crippen LogP contribution is 2.28. The minimum Gasteiger partial charge on any atom is -0.434 e. The first-order chi connectivity index (χ1) is 8.70. The average molecular weight is 246 g/mol. The monoisotopic (exact) mass is 246 g/mol. The summed E-state index contributed by atoms with van der Waals surface area (Å²) < 4.78 is 5.34. The largest absolute Gasteiger partial charge is 0.434 e. The van der Waals surface area contributed by atoms with Crippen LogP contribution in [0.2, 0.25) is 0 Å². The maximum Gasteiger partial charge on any atom is 0.331 e. The second kappa shape index (κ2) is 5.24. The lowest BCUT2D eigenvalue weighted by atomic mass is 10.2. The van der Waals surface area contributed by atoms with E-state index in [9.17, 15) is 10.1 Å². The topological polar surface area (TPSA) is 85.5 Å². The fraction of sp³-hybridized carbons (Fsp3) is 0.0833. The van der Waals surface area contributed by atoms with Crippen molar-refractivity contribution in [3.8, 4) is 11.6 Å². The average Bonchev–Trinajstić information content (AvgIpc) is 2.40. The number of hydrogen-bond acceptors (Lipinski definition) is 5.